The monoisotopic (exact) mass is 212 g/mol. The van der Waals surface area contributed by atoms with E-state index in [1.165, 1.54) is 0 Å². The molecule has 7 heteroatoms. The van der Waals surface area contributed by atoms with E-state index in [1.807, 2.05) is 6.92 Å². The van der Waals surface area contributed by atoms with Gasteiger partial charge in [-0.1, -0.05) is 6.92 Å². The van der Waals surface area contributed by atoms with E-state index in [9.17, 15) is 14.7 Å². The van der Waals surface area contributed by atoms with Gasteiger partial charge in [0, 0.05) is 0 Å². The molecule has 1 fully saturated rings. The van der Waals surface area contributed by atoms with Gasteiger partial charge in [-0.25, -0.2) is 9.89 Å². The summed E-state index contributed by atoms with van der Waals surface area (Å²) in [7, 11) is 0. The summed E-state index contributed by atoms with van der Waals surface area (Å²) in [5.74, 6) is 0.146. The molecule has 0 amide bonds. The highest BCUT2D eigenvalue weighted by molar-refractivity contribution is 5.40. The lowest BCUT2D eigenvalue weighted by Crippen LogP contribution is -2.63. The van der Waals surface area contributed by atoms with Gasteiger partial charge in [0.25, 0.3) is 5.56 Å². The standard InChI is InChI=1S/C8H12N4O3/c1-2-8(15)3-12(4-8)5-6(13)9-7(14)11-10-5/h15H,2-4H2,1H3,(H2,9,11,13,14). The molecule has 82 valence electrons. The topological polar surface area (TPSA) is 102 Å². The van der Waals surface area contributed by atoms with E-state index in [4.69, 9.17) is 0 Å². The minimum Gasteiger partial charge on any atom is -0.386 e. The Bertz CT molecular complexity index is 471. The zero-order chi connectivity index (χ0) is 11.1. The molecule has 1 saturated heterocycles. The zero-order valence-corrected chi connectivity index (χ0v) is 8.28. The molecular formula is C8H12N4O3. The highest BCUT2D eigenvalue weighted by atomic mass is 16.3. The van der Waals surface area contributed by atoms with Gasteiger partial charge >= 0.3 is 5.69 Å². The van der Waals surface area contributed by atoms with E-state index >= 15 is 0 Å². The van der Waals surface area contributed by atoms with E-state index in [0.717, 1.165) is 0 Å². The summed E-state index contributed by atoms with van der Waals surface area (Å²) >= 11 is 0. The van der Waals surface area contributed by atoms with Crippen LogP contribution in [0.15, 0.2) is 9.59 Å². The van der Waals surface area contributed by atoms with Crippen LogP contribution in [0.2, 0.25) is 0 Å². The summed E-state index contributed by atoms with van der Waals surface area (Å²) < 4.78 is 0. The Kier molecular flexibility index (Phi) is 2.11. The lowest BCUT2D eigenvalue weighted by Gasteiger charge is -2.46. The van der Waals surface area contributed by atoms with Crippen LogP contribution in [0, 0.1) is 0 Å². The van der Waals surface area contributed by atoms with Crippen LogP contribution in [0.3, 0.4) is 0 Å². The Hall–Kier alpha value is -1.63. The van der Waals surface area contributed by atoms with E-state index < -0.39 is 16.9 Å². The van der Waals surface area contributed by atoms with Crippen molar-refractivity contribution in [2.45, 2.75) is 18.9 Å². The smallest absolute Gasteiger partial charge is 0.342 e. The average molecular weight is 212 g/mol. The SMILES string of the molecule is CCC1(O)CN(c2n[nH]c(=O)[nH]c2=O)C1. The number of nitrogens with zero attached hydrogens (tertiary/aromatic N) is 2. The molecule has 1 aliphatic heterocycles. The highest BCUT2D eigenvalue weighted by Gasteiger charge is 2.41. The maximum absolute atomic E-state index is 11.3. The first-order valence-corrected chi connectivity index (χ1v) is 4.70. The number of anilines is 1. The predicted octanol–water partition coefficient (Wildman–Crippen LogP) is -1.58. The predicted molar refractivity (Wildman–Crippen MR) is 52.9 cm³/mol. The fourth-order valence-corrected chi connectivity index (χ4v) is 1.59. The zero-order valence-electron chi connectivity index (χ0n) is 8.28. The minimum absolute atomic E-state index is 0.146. The fourth-order valence-electron chi connectivity index (χ4n) is 1.59. The Morgan fingerprint density at radius 1 is 1.53 bits per heavy atom. The highest BCUT2D eigenvalue weighted by Crippen LogP contribution is 2.25. The molecule has 7 nitrogen and oxygen atoms in total. The van der Waals surface area contributed by atoms with E-state index in [0.29, 0.717) is 19.5 Å². The summed E-state index contributed by atoms with van der Waals surface area (Å²) in [5, 5.41) is 15.5. The van der Waals surface area contributed by atoms with Crippen molar-refractivity contribution in [3.05, 3.63) is 20.8 Å². The van der Waals surface area contributed by atoms with Crippen molar-refractivity contribution in [2.24, 2.45) is 0 Å². The van der Waals surface area contributed by atoms with Gasteiger partial charge in [0.1, 0.15) is 0 Å². The van der Waals surface area contributed by atoms with Crippen LogP contribution in [0.5, 0.6) is 0 Å². The van der Waals surface area contributed by atoms with Gasteiger partial charge in [-0.2, -0.15) is 0 Å². The third kappa shape index (κ3) is 1.65. The van der Waals surface area contributed by atoms with Crippen molar-refractivity contribution in [3.8, 4) is 0 Å². The number of hydrogen-bond acceptors (Lipinski definition) is 5. The maximum atomic E-state index is 11.3. The van der Waals surface area contributed by atoms with Crippen LogP contribution in [0.4, 0.5) is 5.82 Å². The molecule has 1 aromatic rings. The van der Waals surface area contributed by atoms with Crippen LogP contribution in [-0.4, -0.2) is 39.0 Å². The summed E-state index contributed by atoms with van der Waals surface area (Å²) in [5.41, 5.74) is -1.89. The molecule has 0 aromatic carbocycles. The van der Waals surface area contributed by atoms with Gasteiger partial charge in [-0.3, -0.25) is 9.78 Å². The van der Waals surface area contributed by atoms with E-state index in [-0.39, 0.29) is 5.82 Å². The Morgan fingerprint density at radius 2 is 2.20 bits per heavy atom. The van der Waals surface area contributed by atoms with Crippen molar-refractivity contribution in [3.63, 3.8) is 0 Å². The van der Waals surface area contributed by atoms with Gasteiger partial charge < -0.3 is 10.0 Å². The molecule has 0 aliphatic carbocycles. The van der Waals surface area contributed by atoms with E-state index in [2.05, 4.69) is 15.2 Å². The van der Waals surface area contributed by atoms with Crippen molar-refractivity contribution in [2.75, 3.05) is 18.0 Å². The van der Waals surface area contributed by atoms with E-state index in [1.54, 1.807) is 4.90 Å². The quantitative estimate of drug-likeness (QED) is 0.549. The molecule has 3 N–H and O–H groups in total. The fraction of sp³-hybridized carbons (Fsp3) is 0.625. The number of H-pyrrole nitrogens is 2. The number of β-amino-alcohol motifs (C(OH)–C–C–N with tert-alkyl or cyclic N) is 1. The molecule has 15 heavy (non-hydrogen) atoms. The lowest BCUT2D eigenvalue weighted by molar-refractivity contribution is 0.00779. The first kappa shape index (κ1) is 9.91. The normalized spacial score (nSPS) is 18.7. The third-order valence-electron chi connectivity index (χ3n) is 2.62. The molecule has 1 aromatic heterocycles. The third-order valence-corrected chi connectivity index (χ3v) is 2.62. The summed E-state index contributed by atoms with van der Waals surface area (Å²) in [6, 6.07) is 0. The molecule has 0 bridgehead atoms. The van der Waals surface area contributed by atoms with Crippen molar-refractivity contribution in [1.29, 1.82) is 0 Å². The number of rotatable bonds is 2. The largest absolute Gasteiger partial charge is 0.386 e. The number of aromatic amines is 2. The summed E-state index contributed by atoms with van der Waals surface area (Å²) in [6.45, 7) is 2.61. The first-order valence-electron chi connectivity index (χ1n) is 4.70. The maximum Gasteiger partial charge on any atom is 0.342 e. The van der Waals surface area contributed by atoms with Gasteiger partial charge in [0.05, 0.1) is 18.7 Å². The summed E-state index contributed by atoms with van der Waals surface area (Å²) in [6.07, 6.45) is 0.630. The van der Waals surface area contributed by atoms with Crippen LogP contribution in [-0.2, 0) is 0 Å². The molecule has 0 saturated carbocycles. The average Bonchev–Trinajstić information content (AvgIpc) is 2.14. The summed E-state index contributed by atoms with van der Waals surface area (Å²) in [4.78, 5) is 25.7. The van der Waals surface area contributed by atoms with Crippen molar-refractivity contribution in [1.82, 2.24) is 15.2 Å². The number of hydrogen-bond donors (Lipinski definition) is 3. The molecule has 2 heterocycles. The van der Waals surface area contributed by atoms with Crippen LogP contribution >= 0.6 is 0 Å². The van der Waals surface area contributed by atoms with Gasteiger partial charge in [0.2, 0.25) is 5.82 Å². The van der Waals surface area contributed by atoms with Crippen LogP contribution in [0.25, 0.3) is 0 Å². The van der Waals surface area contributed by atoms with Gasteiger partial charge in [-0.15, -0.1) is 5.10 Å². The Balaban J connectivity index is 2.21. The molecular weight excluding hydrogens is 200 g/mol. The minimum atomic E-state index is -0.732. The molecule has 0 atom stereocenters. The van der Waals surface area contributed by atoms with Gasteiger partial charge in [0.15, 0.2) is 0 Å². The lowest BCUT2D eigenvalue weighted by atomic mass is 9.91. The number of aromatic nitrogens is 3. The molecule has 0 unspecified atom stereocenters. The molecule has 1 aliphatic rings. The second kappa shape index (κ2) is 3.20. The molecule has 2 rings (SSSR count). The second-order valence-corrected chi connectivity index (χ2v) is 3.76. The Morgan fingerprint density at radius 3 is 2.73 bits per heavy atom. The molecule has 0 spiro atoms. The Labute approximate surface area is 84.8 Å². The molecule has 0 radical (unpaired) electrons. The first-order chi connectivity index (χ1) is 7.04. The van der Waals surface area contributed by atoms with Crippen molar-refractivity contribution < 1.29 is 5.11 Å². The van der Waals surface area contributed by atoms with Gasteiger partial charge in [-0.05, 0) is 6.42 Å². The van der Waals surface area contributed by atoms with Crippen molar-refractivity contribution >= 4 is 5.82 Å². The van der Waals surface area contributed by atoms with Crippen LogP contribution in [0.1, 0.15) is 13.3 Å². The number of nitrogens with one attached hydrogen (secondary N) is 2. The number of aliphatic hydroxyl groups is 1. The van der Waals surface area contributed by atoms with Crippen LogP contribution < -0.4 is 16.1 Å². The second-order valence-electron chi connectivity index (χ2n) is 3.76.